The number of likely N-dealkylation sites (tertiary alicyclic amines) is 1. The number of hydrogen-bond donors (Lipinski definition) is 2. The summed E-state index contributed by atoms with van der Waals surface area (Å²) in [7, 11) is -3.44. The first kappa shape index (κ1) is 29.8. The van der Waals surface area contributed by atoms with Crippen molar-refractivity contribution in [1.82, 2.24) is 24.3 Å². The van der Waals surface area contributed by atoms with Gasteiger partial charge in [0.1, 0.15) is 6.67 Å². The minimum absolute atomic E-state index is 0.0512. The van der Waals surface area contributed by atoms with Crippen molar-refractivity contribution < 1.29 is 22.7 Å². The third-order valence-corrected chi connectivity index (χ3v) is 9.19. The number of carbonyl (C=O) groups excluding carboxylic acids is 1. The van der Waals surface area contributed by atoms with Crippen LogP contribution in [0.5, 0.6) is 0 Å². The van der Waals surface area contributed by atoms with Crippen LogP contribution in [0.4, 0.5) is 4.39 Å². The molecule has 0 radical (unpaired) electrons. The number of rotatable bonds is 10. The predicted molar refractivity (Wildman–Crippen MR) is 155 cm³/mol. The number of nitrogens with one attached hydrogen (secondary N) is 1. The van der Waals surface area contributed by atoms with Gasteiger partial charge in [0.2, 0.25) is 10.0 Å². The van der Waals surface area contributed by atoms with Crippen LogP contribution in [0.3, 0.4) is 0 Å². The average molecular weight is 595 g/mol. The van der Waals surface area contributed by atoms with Crippen LogP contribution in [0.15, 0.2) is 42.5 Å². The maximum Gasteiger partial charge on any atom is 0.251 e. The summed E-state index contributed by atoms with van der Waals surface area (Å²) >= 11 is 0. The minimum Gasteiger partial charge on any atom is -0.390 e. The first-order valence-electron chi connectivity index (χ1n) is 14.1. The molecule has 2 aliphatic heterocycles. The van der Waals surface area contributed by atoms with Crippen molar-refractivity contribution in [2.45, 2.75) is 51.7 Å². The number of amides is 1. The van der Waals surface area contributed by atoms with E-state index in [1.54, 1.807) is 41.1 Å². The number of halogens is 1. The summed E-state index contributed by atoms with van der Waals surface area (Å²) in [5, 5.41) is 27.7. The Hall–Kier alpha value is -3.63. The highest BCUT2D eigenvalue weighted by molar-refractivity contribution is 7.88. The van der Waals surface area contributed by atoms with E-state index in [1.165, 1.54) is 16.6 Å². The van der Waals surface area contributed by atoms with Gasteiger partial charge in [0, 0.05) is 55.0 Å². The number of aromatic nitrogens is 2. The fraction of sp³-hybridized carbons (Fsp3) is 0.433. The van der Waals surface area contributed by atoms with Crippen molar-refractivity contribution >= 4 is 15.9 Å². The Bertz CT molecular complexity index is 1610. The fourth-order valence-corrected chi connectivity index (χ4v) is 6.51. The third kappa shape index (κ3) is 6.71. The summed E-state index contributed by atoms with van der Waals surface area (Å²) in [6.45, 7) is 2.56. The monoisotopic (exact) mass is 594 g/mol. The van der Waals surface area contributed by atoms with Crippen molar-refractivity contribution in [3.63, 3.8) is 0 Å². The predicted octanol–water partition coefficient (Wildman–Crippen LogP) is 2.60. The van der Waals surface area contributed by atoms with Crippen LogP contribution in [0.2, 0.25) is 0 Å². The molecule has 1 saturated heterocycles. The number of fused-ring (bicyclic) bond motifs is 1. The number of alkyl halides is 1. The Morgan fingerprint density at radius 3 is 2.64 bits per heavy atom. The van der Waals surface area contributed by atoms with Gasteiger partial charge >= 0.3 is 0 Å². The molecule has 42 heavy (non-hydrogen) atoms. The molecule has 2 aliphatic rings. The summed E-state index contributed by atoms with van der Waals surface area (Å²) in [6.07, 6.45) is 3.26. The quantitative estimate of drug-likeness (QED) is 0.369. The number of aliphatic hydroxyl groups excluding tert-OH is 1. The standard InChI is InChI=1S/C30H35FN6O4S/c1-42(40,41)36-12-9-28-27(20-36)29(34-37(28)19-26(38)18-35-10-2-3-11-35)22-7-8-24(15-31)25(14-22)17-33-30(39)23-6-4-5-21(13-23)16-32/h4-8,13-14,26,38H,2-3,9-12,15,17-20H2,1H3,(H,33,39). The molecule has 222 valence electrons. The van der Waals surface area contributed by atoms with Crippen LogP contribution in [0.1, 0.15) is 51.1 Å². The number of carbonyl (C=O) groups is 1. The zero-order valence-electron chi connectivity index (χ0n) is 23.6. The van der Waals surface area contributed by atoms with Gasteiger partial charge < -0.3 is 15.3 Å². The number of benzene rings is 2. The first-order valence-corrected chi connectivity index (χ1v) is 15.9. The van der Waals surface area contributed by atoms with Gasteiger partial charge in [-0.2, -0.15) is 14.7 Å². The van der Waals surface area contributed by atoms with Gasteiger partial charge in [0.05, 0.1) is 36.2 Å². The van der Waals surface area contributed by atoms with Gasteiger partial charge in [-0.05, 0) is 61.3 Å². The normalized spacial score (nSPS) is 16.6. The Morgan fingerprint density at radius 1 is 1.14 bits per heavy atom. The highest BCUT2D eigenvalue weighted by Crippen LogP contribution is 2.32. The van der Waals surface area contributed by atoms with Crippen molar-refractivity contribution in [1.29, 1.82) is 5.26 Å². The topological polar surface area (TPSA) is 132 Å². The lowest BCUT2D eigenvalue weighted by atomic mass is 9.98. The summed E-state index contributed by atoms with van der Waals surface area (Å²) in [5.74, 6) is -0.389. The van der Waals surface area contributed by atoms with Crippen molar-refractivity contribution in [3.8, 4) is 17.3 Å². The molecule has 1 fully saturated rings. The molecule has 0 saturated carbocycles. The fourth-order valence-electron chi connectivity index (χ4n) is 5.73. The smallest absolute Gasteiger partial charge is 0.251 e. The number of nitrogens with zero attached hydrogens (tertiary/aromatic N) is 5. The molecule has 0 aliphatic carbocycles. The molecule has 1 aromatic heterocycles. The summed E-state index contributed by atoms with van der Waals surface area (Å²) in [5.41, 5.74) is 4.55. The minimum atomic E-state index is -3.44. The Labute approximate surface area is 245 Å². The van der Waals surface area contributed by atoms with Crippen LogP contribution in [0.25, 0.3) is 11.3 Å². The molecule has 0 bridgehead atoms. The van der Waals surface area contributed by atoms with E-state index in [1.807, 2.05) is 6.07 Å². The maximum absolute atomic E-state index is 14.0. The molecule has 3 heterocycles. The van der Waals surface area contributed by atoms with E-state index in [0.717, 1.165) is 37.2 Å². The van der Waals surface area contributed by atoms with Crippen molar-refractivity contribution in [2.75, 3.05) is 32.4 Å². The molecule has 1 atom stereocenters. The van der Waals surface area contributed by atoms with Gasteiger partial charge in [-0.1, -0.05) is 18.2 Å². The van der Waals surface area contributed by atoms with Gasteiger partial charge in [0.15, 0.2) is 0 Å². The highest BCUT2D eigenvalue weighted by Gasteiger charge is 2.30. The Balaban J connectivity index is 1.44. The number of hydrogen-bond acceptors (Lipinski definition) is 7. The number of β-amino-alcohol motifs (C(OH)–C–C–N with tert-alkyl or cyclic N) is 1. The molecule has 2 N–H and O–H groups in total. The molecule has 1 unspecified atom stereocenters. The van der Waals surface area contributed by atoms with Gasteiger partial charge in [-0.3, -0.25) is 9.48 Å². The zero-order chi connectivity index (χ0) is 29.9. The lowest BCUT2D eigenvalue weighted by Crippen LogP contribution is -2.37. The molecule has 10 nitrogen and oxygen atoms in total. The first-order chi connectivity index (χ1) is 20.2. The molecule has 2 aromatic carbocycles. The van der Waals surface area contributed by atoms with Crippen LogP contribution < -0.4 is 5.32 Å². The second kappa shape index (κ2) is 12.7. The SMILES string of the molecule is CS(=O)(=O)N1CCc2c(c(-c3ccc(CF)c(CNC(=O)c4cccc(C#N)c4)c3)nn2CC(O)CN2CCCC2)C1. The second-order valence-corrected chi connectivity index (χ2v) is 12.9. The van der Waals surface area contributed by atoms with E-state index >= 15 is 0 Å². The van der Waals surface area contributed by atoms with Crippen LogP contribution in [-0.2, 0) is 42.8 Å². The number of aliphatic hydroxyl groups is 1. The molecule has 12 heteroatoms. The molecular weight excluding hydrogens is 559 g/mol. The van der Waals surface area contributed by atoms with Gasteiger partial charge in [-0.15, -0.1) is 0 Å². The Morgan fingerprint density at radius 2 is 1.93 bits per heavy atom. The van der Waals surface area contributed by atoms with E-state index in [2.05, 4.69) is 10.2 Å². The third-order valence-electron chi connectivity index (χ3n) is 7.94. The van der Waals surface area contributed by atoms with E-state index in [0.29, 0.717) is 53.0 Å². The molecule has 5 rings (SSSR count). The van der Waals surface area contributed by atoms with Crippen LogP contribution in [0, 0.1) is 11.3 Å². The lowest BCUT2D eigenvalue weighted by Gasteiger charge is -2.26. The Kier molecular flexibility index (Phi) is 9.03. The highest BCUT2D eigenvalue weighted by atomic mass is 32.2. The summed E-state index contributed by atoms with van der Waals surface area (Å²) in [6, 6.07) is 13.5. The second-order valence-electron chi connectivity index (χ2n) is 11.0. The molecule has 1 amide bonds. The molecule has 3 aromatic rings. The lowest BCUT2D eigenvalue weighted by molar-refractivity contribution is 0.0950. The number of nitriles is 1. The summed E-state index contributed by atoms with van der Waals surface area (Å²) in [4.78, 5) is 15.0. The molecule has 0 spiro atoms. The maximum atomic E-state index is 14.0. The van der Waals surface area contributed by atoms with Crippen molar-refractivity contribution in [3.05, 3.63) is 76.0 Å². The van der Waals surface area contributed by atoms with E-state index in [-0.39, 0.29) is 25.5 Å². The summed E-state index contributed by atoms with van der Waals surface area (Å²) < 4.78 is 42.0. The zero-order valence-corrected chi connectivity index (χ0v) is 24.4. The van der Waals surface area contributed by atoms with Gasteiger partial charge in [0.25, 0.3) is 5.91 Å². The number of sulfonamides is 1. The largest absolute Gasteiger partial charge is 0.390 e. The van der Waals surface area contributed by atoms with Crippen LogP contribution in [-0.4, -0.2) is 77.0 Å². The van der Waals surface area contributed by atoms with Crippen LogP contribution >= 0.6 is 0 Å². The van der Waals surface area contributed by atoms with E-state index in [9.17, 15) is 22.7 Å². The van der Waals surface area contributed by atoms with E-state index < -0.39 is 22.8 Å². The van der Waals surface area contributed by atoms with E-state index in [4.69, 9.17) is 10.4 Å². The average Bonchev–Trinajstić information content (AvgIpc) is 3.63. The van der Waals surface area contributed by atoms with Crippen molar-refractivity contribution in [2.24, 2.45) is 0 Å². The van der Waals surface area contributed by atoms with Gasteiger partial charge in [-0.25, -0.2) is 12.8 Å². The molecular formula is C30H35FN6O4S.